The van der Waals surface area contributed by atoms with Crippen molar-refractivity contribution in [3.63, 3.8) is 0 Å². The molecular weight excluding hydrogens is 260 g/mol. The van der Waals surface area contributed by atoms with Crippen molar-refractivity contribution in [2.75, 3.05) is 13.1 Å². The Bertz CT molecular complexity index is 400. The van der Waals surface area contributed by atoms with Gasteiger partial charge in [0.05, 0.1) is 6.54 Å². The Morgan fingerprint density at radius 2 is 1.90 bits per heavy atom. The number of rotatable bonds is 3. The first-order valence-electron chi connectivity index (χ1n) is 6.95. The Hall–Kier alpha value is -1.59. The predicted octanol–water partition coefficient (Wildman–Crippen LogP) is 0.860. The normalized spacial score (nSPS) is 23.3. The molecule has 0 spiro atoms. The van der Waals surface area contributed by atoms with E-state index in [-0.39, 0.29) is 24.3 Å². The van der Waals surface area contributed by atoms with E-state index in [0.717, 1.165) is 12.8 Å². The Kier molecular flexibility index (Phi) is 5.14. The van der Waals surface area contributed by atoms with Gasteiger partial charge in [-0.1, -0.05) is 27.7 Å². The molecule has 0 aromatic heterocycles. The highest BCUT2D eigenvalue weighted by molar-refractivity contribution is 5.89. The molecule has 2 amide bonds. The second kappa shape index (κ2) is 6.24. The number of carbonyl (C=O) groups is 3. The lowest BCUT2D eigenvalue weighted by atomic mass is 9.90. The summed E-state index contributed by atoms with van der Waals surface area (Å²) < 4.78 is 0. The number of hydrogen-bond acceptors (Lipinski definition) is 3. The Morgan fingerprint density at radius 3 is 2.40 bits per heavy atom. The summed E-state index contributed by atoms with van der Waals surface area (Å²) in [5.41, 5.74) is -0.568. The van der Waals surface area contributed by atoms with Crippen molar-refractivity contribution in [1.82, 2.24) is 10.2 Å². The summed E-state index contributed by atoms with van der Waals surface area (Å²) in [4.78, 5) is 36.5. The monoisotopic (exact) mass is 284 g/mol. The summed E-state index contributed by atoms with van der Waals surface area (Å²) in [5.74, 6) is -1.60. The molecule has 0 saturated carbocycles. The van der Waals surface area contributed by atoms with Crippen LogP contribution in [0.15, 0.2) is 0 Å². The van der Waals surface area contributed by atoms with Crippen LogP contribution in [0.3, 0.4) is 0 Å². The van der Waals surface area contributed by atoms with Gasteiger partial charge in [-0.3, -0.25) is 9.59 Å². The largest absolute Gasteiger partial charge is 0.480 e. The van der Waals surface area contributed by atoms with Crippen molar-refractivity contribution in [3.05, 3.63) is 0 Å². The van der Waals surface area contributed by atoms with E-state index in [1.807, 2.05) is 6.92 Å². The zero-order valence-corrected chi connectivity index (χ0v) is 12.6. The van der Waals surface area contributed by atoms with Gasteiger partial charge in [-0.15, -0.1) is 0 Å². The maximum absolute atomic E-state index is 12.1. The molecule has 0 bridgehead atoms. The topological polar surface area (TPSA) is 86.7 Å². The number of carbonyl (C=O) groups excluding carboxylic acids is 2. The molecule has 0 radical (unpaired) electrons. The minimum Gasteiger partial charge on any atom is -0.480 e. The molecule has 2 atom stereocenters. The van der Waals surface area contributed by atoms with Crippen LogP contribution in [-0.2, 0) is 14.4 Å². The highest BCUT2D eigenvalue weighted by atomic mass is 16.4. The number of carboxylic acids is 1. The van der Waals surface area contributed by atoms with Gasteiger partial charge in [0.25, 0.3) is 0 Å². The molecule has 0 aliphatic carbocycles. The molecule has 2 unspecified atom stereocenters. The number of nitrogens with one attached hydrogen (secondary N) is 1. The first-order valence-corrected chi connectivity index (χ1v) is 6.95. The van der Waals surface area contributed by atoms with Crippen LogP contribution in [0.25, 0.3) is 0 Å². The molecule has 2 N–H and O–H groups in total. The van der Waals surface area contributed by atoms with Crippen molar-refractivity contribution < 1.29 is 19.5 Å². The van der Waals surface area contributed by atoms with E-state index in [9.17, 15) is 19.5 Å². The molecule has 1 rings (SSSR count). The van der Waals surface area contributed by atoms with Crippen LogP contribution >= 0.6 is 0 Å². The number of nitrogens with zero attached hydrogens (tertiary/aromatic N) is 1. The Morgan fingerprint density at radius 1 is 1.30 bits per heavy atom. The third-order valence-corrected chi connectivity index (χ3v) is 3.59. The standard InChI is InChI=1S/C14H24N2O4/c1-9-6-5-7-16(11(9)12(18)19)10(17)8-15-13(20)14(2,3)4/h9,11H,5-8H2,1-4H3,(H,15,20)(H,18,19). The van der Waals surface area contributed by atoms with Crippen LogP contribution in [0, 0.1) is 11.3 Å². The zero-order valence-electron chi connectivity index (χ0n) is 12.6. The third-order valence-electron chi connectivity index (χ3n) is 3.59. The minimum absolute atomic E-state index is 0.0662. The lowest BCUT2D eigenvalue weighted by molar-refractivity contribution is -0.154. The highest BCUT2D eigenvalue weighted by Gasteiger charge is 2.37. The predicted molar refractivity (Wildman–Crippen MR) is 74.0 cm³/mol. The molecule has 6 nitrogen and oxygen atoms in total. The summed E-state index contributed by atoms with van der Waals surface area (Å²) in [6, 6.07) is -0.789. The Balaban J connectivity index is 2.66. The molecule has 6 heteroatoms. The molecule has 1 aliphatic rings. The second-order valence-corrected chi connectivity index (χ2v) is 6.42. The van der Waals surface area contributed by atoms with E-state index in [4.69, 9.17) is 0 Å². The molecule has 20 heavy (non-hydrogen) atoms. The quantitative estimate of drug-likeness (QED) is 0.804. The lowest BCUT2D eigenvalue weighted by Crippen LogP contribution is -2.54. The smallest absolute Gasteiger partial charge is 0.326 e. The molecule has 1 saturated heterocycles. The van der Waals surface area contributed by atoms with Crippen LogP contribution in [0.1, 0.15) is 40.5 Å². The van der Waals surface area contributed by atoms with Crippen molar-refractivity contribution in [3.8, 4) is 0 Å². The maximum Gasteiger partial charge on any atom is 0.326 e. The number of piperidine rings is 1. The first-order chi connectivity index (χ1) is 9.14. The molecule has 1 fully saturated rings. The molecule has 1 heterocycles. The number of aliphatic carboxylic acids is 1. The van der Waals surface area contributed by atoms with Crippen molar-refractivity contribution in [2.45, 2.75) is 46.6 Å². The van der Waals surface area contributed by atoms with Gasteiger partial charge in [0.1, 0.15) is 6.04 Å². The van der Waals surface area contributed by atoms with Crippen LogP contribution in [-0.4, -0.2) is 46.9 Å². The van der Waals surface area contributed by atoms with Crippen molar-refractivity contribution in [1.29, 1.82) is 0 Å². The molecular formula is C14H24N2O4. The number of hydrogen-bond donors (Lipinski definition) is 2. The van der Waals surface area contributed by atoms with E-state index >= 15 is 0 Å². The number of likely N-dealkylation sites (tertiary alicyclic amines) is 1. The average Bonchev–Trinajstić information content (AvgIpc) is 2.33. The van der Waals surface area contributed by atoms with Gasteiger partial charge in [-0.2, -0.15) is 0 Å². The summed E-state index contributed by atoms with van der Waals surface area (Å²) in [5, 5.41) is 11.8. The van der Waals surface area contributed by atoms with Crippen molar-refractivity contribution >= 4 is 17.8 Å². The van der Waals surface area contributed by atoms with Crippen LogP contribution in [0.5, 0.6) is 0 Å². The van der Waals surface area contributed by atoms with E-state index < -0.39 is 17.4 Å². The fourth-order valence-electron chi connectivity index (χ4n) is 2.37. The van der Waals surface area contributed by atoms with Gasteiger partial charge < -0.3 is 15.3 Å². The van der Waals surface area contributed by atoms with E-state index in [0.29, 0.717) is 6.54 Å². The maximum atomic E-state index is 12.1. The van der Waals surface area contributed by atoms with Crippen molar-refractivity contribution in [2.24, 2.45) is 11.3 Å². The van der Waals surface area contributed by atoms with Gasteiger partial charge in [0, 0.05) is 12.0 Å². The highest BCUT2D eigenvalue weighted by Crippen LogP contribution is 2.23. The average molecular weight is 284 g/mol. The van der Waals surface area contributed by atoms with Crippen LogP contribution < -0.4 is 5.32 Å². The van der Waals surface area contributed by atoms with Gasteiger partial charge in [-0.25, -0.2) is 4.79 Å². The molecule has 1 aliphatic heterocycles. The van der Waals surface area contributed by atoms with Gasteiger partial charge >= 0.3 is 5.97 Å². The second-order valence-electron chi connectivity index (χ2n) is 6.42. The summed E-state index contributed by atoms with van der Waals surface area (Å²) in [6.07, 6.45) is 1.60. The van der Waals surface area contributed by atoms with Gasteiger partial charge in [0.15, 0.2) is 0 Å². The molecule has 0 aromatic carbocycles. The Labute approximate surface area is 119 Å². The van der Waals surface area contributed by atoms with Crippen LogP contribution in [0.2, 0.25) is 0 Å². The van der Waals surface area contributed by atoms with E-state index in [1.165, 1.54) is 4.90 Å². The summed E-state index contributed by atoms with van der Waals surface area (Å²) >= 11 is 0. The summed E-state index contributed by atoms with van der Waals surface area (Å²) in [7, 11) is 0. The van der Waals surface area contributed by atoms with Gasteiger partial charge in [-0.05, 0) is 18.8 Å². The van der Waals surface area contributed by atoms with E-state index in [1.54, 1.807) is 20.8 Å². The van der Waals surface area contributed by atoms with Crippen LogP contribution in [0.4, 0.5) is 0 Å². The number of amides is 2. The fraction of sp³-hybridized carbons (Fsp3) is 0.786. The van der Waals surface area contributed by atoms with Gasteiger partial charge in [0.2, 0.25) is 11.8 Å². The first kappa shape index (κ1) is 16.5. The lowest BCUT2D eigenvalue weighted by Gasteiger charge is -2.37. The molecule has 114 valence electrons. The third kappa shape index (κ3) is 3.95. The SMILES string of the molecule is CC1CCCN(C(=O)CNC(=O)C(C)(C)C)C1C(=O)O. The number of carboxylic acid groups (broad SMARTS) is 1. The fourth-order valence-corrected chi connectivity index (χ4v) is 2.37. The zero-order chi connectivity index (χ0) is 15.5. The van der Waals surface area contributed by atoms with E-state index in [2.05, 4.69) is 5.32 Å². The minimum atomic E-state index is -0.979. The summed E-state index contributed by atoms with van der Waals surface area (Å²) in [6.45, 7) is 7.41. The molecule has 0 aromatic rings.